The van der Waals surface area contributed by atoms with Gasteiger partial charge in [-0.25, -0.2) is 9.18 Å². The van der Waals surface area contributed by atoms with Crippen LogP contribution in [0.1, 0.15) is 49.5 Å². The SMILES string of the molecule is CCNC(=O)N1CCCC1c1noc(CCC(=O)NCc2ccc(F)cc2)n1. The van der Waals surface area contributed by atoms with E-state index in [2.05, 4.69) is 20.8 Å². The lowest BCUT2D eigenvalue weighted by Gasteiger charge is -2.22. The molecule has 0 aliphatic carbocycles. The van der Waals surface area contributed by atoms with Crippen molar-refractivity contribution < 1.29 is 18.5 Å². The zero-order valence-corrected chi connectivity index (χ0v) is 15.8. The fourth-order valence-corrected chi connectivity index (χ4v) is 3.15. The van der Waals surface area contributed by atoms with Gasteiger partial charge < -0.3 is 20.1 Å². The first kappa shape index (κ1) is 19.8. The molecule has 1 aromatic carbocycles. The zero-order chi connectivity index (χ0) is 19.9. The third-order valence-electron chi connectivity index (χ3n) is 4.59. The van der Waals surface area contributed by atoms with Crippen molar-refractivity contribution in [2.75, 3.05) is 13.1 Å². The zero-order valence-electron chi connectivity index (χ0n) is 15.8. The molecular formula is C19H24FN5O3. The lowest BCUT2D eigenvalue weighted by molar-refractivity contribution is -0.121. The Hall–Kier alpha value is -2.97. The summed E-state index contributed by atoms with van der Waals surface area (Å²) in [5.41, 5.74) is 0.821. The van der Waals surface area contributed by atoms with Crippen molar-refractivity contribution in [3.8, 4) is 0 Å². The van der Waals surface area contributed by atoms with Gasteiger partial charge in [0.05, 0.1) is 6.04 Å². The number of aryl methyl sites for hydroxylation is 1. The minimum absolute atomic E-state index is 0.128. The van der Waals surface area contributed by atoms with Crippen LogP contribution in [-0.2, 0) is 17.8 Å². The van der Waals surface area contributed by atoms with Gasteiger partial charge in [-0.05, 0) is 37.5 Å². The number of halogens is 1. The summed E-state index contributed by atoms with van der Waals surface area (Å²) in [7, 11) is 0. The molecule has 0 radical (unpaired) electrons. The molecule has 150 valence electrons. The van der Waals surface area contributed by atoms with Crippen LogP contribution in [-0.4, -0.2) is 40.1 Å². The van der Waals surface area contributed by atoms with Crippen LogP contribution >= 0.6 is 0 Å². The van der Waals surface area contributed by atoms with Gasteiger partial charge >= 0.3 is 6.03 Å². The second kappa shape index (κ2) is 9.29. The number of carbonyl (C=O) groups is 2. The third kappa shape index (κ3) is 5.05. The number of hydrogen-bond donors (Lipinski definition) is 2. The predicted octanol–water partition coefficient (Wildman–Crippen LogP) is 2.32. The molecule has 1 aliphatic heterocycles. The van der Waals surface area contributed by atoms with Crippen LogP contribution in [0.2, 0.25) is 0 Å². The summed E-state index contributed by atoms with van der Waals surface area (Å²) in [4.78, 5) is 30.2. The van der Waals surface area contributed by atoms with Crippen molar-refractivity contribution in [1.82, 2.24) is 25.7 Å². The monoisotopic (exact) mass is 389 g/mol. The number of nitrogens with zero attached hydrogens (tertiary/aromatic N) is 3. The van der Waals surface area contributed by atoms with Crippen LogP contribution in [0, 0.1) is 5.82 Å². The van der Waals surface area contributed by atoms with Crippen molar-refractivity contribution in [2.45, 2.75) is 45.2 Å². The third-order valence-corrected chi connectivity index (χ3v) is 4.59. The average molecular weight is 389 g/mol. The van der Waals surface area contributed by atoms with Crippen molar-refractivity contribution in [3.63, 3.8) is 0 Å². The van der Waals surface area contributed by atoms with E-state index < -0.39 is 0 Å². The summed E-state index contributed by atoms with van der Waals surface area (Å²) in [5, 5.41) is 9.56. The first-order valence-electron chi connectivity index (χ1n) is 9.45. The maximum atomic E-state index is 12.9. The Labute approximate surface area is 162 Å². The molecule has 1 unspecified atom stereocenters. The average Bonchev–Trinajstić information content (AvgIpc) is 3.35. The summed E-state index contributed by atoms with van der Waals surface area (Å²) < 4.78 is 18.1. The lowest BCUT2D eigenvalue weighted by Crippen LogP contribution is -2.39. The number of carbonyl (C=O) groups excluding carboxylic acids is 2. The smallest absolute Gasteiger partial charge is 0.318 e. The summed E-state index contributed by atoms with van der Waals surface area (Å²) in [5.74, 6) is 0.379. The van der Waals surface area contributed by atoms with Crippen molar-refractivity contribution in [1.29, 1.82) is 0 Å². The van der Waals surface area contributed by atoms with Crippen molar-refractivity contribution >= 4 is 11.9 Å². The predicted molar refractivity (Wildman–Crippen MR) is 98.6 cm³/mol. The Kier molecular flexibility index (Phi) is 6.57. The van der Waals surface area contributed by atoms with Crippen LogP contribution in [0.25, 0.3) is 0 Å². The van der Waals surface area contributed by atoms with Gasteiger partial charge in [0.15, 0.2) is 5.82 Å². The van der Waals surface area contributed by atoms with Gasteiger partial charge in [-0.3, -0.25) is 4.79 Å². The Bertz CT molecular complexity index is 808. The number of urea groups is 1. The molecule has 3 rings (SSSR count). The van der Waals surface area contributed by atoms with Gasteiger partial charge in [0.2, 0.25) is 11.8 Å². The normalized spacial score (nSPS) is 16.2. The van der Waals surface area contributed by atoms with E-state index in [-0.39, 0.29) is 30.2 Å². The maximum Gasteiger partial charge on any atom is 0.318 e. The number of nitrogens with one attached hydrogen (secondary N) is 2. The topological polar surface area (TPSA) is 100 Å². The molecule has 0 saturated carbocycles. The molecule has 1 fully saturated rings. The Morgan fingerprint density at radius 2 is 2.07 bits per heavy atom. The highest BCUT2D eigenvalue weighted by Crippen LogP contribution is 2.30. The minimum Gasteiger partial charge on any atom is -0.352 e. The molecule has 0 bridgehead atoms. The Morgan fingerprint density at radius 1 is 1.29 bits per heavy atom. The highest BCUT2D eigenvalue weighted by atomic mass is 19.1. The Balaban J connectivity index is 1.48. The van der Waals surface area contributed by atoms with E-state index in [1.807, 2.05) is 6.92 Å². The van der Waals surface area contributed by atoms with Crippen LogP contribution in [0.3, 0.4) is 0 Å². The number of aromatic nitrogens is 2. The Morgan fingerprint density at radius 3 is 2.82 bits per heavy atom. The molecule has 28 heavy (non-hydrogen) atoms. The van der Waals surface area contributed by atoms with E-state index >= 15 is 0 Å². The first-order valence-corrected chi connectivity index (χ1v) is 9.45. The summed E-state index contributed by atoms with van der Waals surface area (Å²) in [6.45, 7) is 3.42. The summed E-state index contributed by atoms with van der Waals surface area (Å²) in [6.07, 6.45) is 2.19. The van der Waals surface area contributed by atoms with Crippen LogP contribution < -0.4 is 10.6 Å². The molecule has 0 spiro atoms. The van der Waals surface area contributed by atoms with Crippen molar-refractivity contribution in [2.24, 2.45) is 0 Å². The fourth-order valence-electron chi connectivity index (χ4n) is 3.15. The summed E-state index contributed by atoms with van der Waals surface area (Å²) in [6, 6.07) is 5.64. The molecule has 2 heterocycles. The van der Waals surface area contributed by atoms with Crippen LogP contribution in [0.15, 0.2) is 28.8 Å². The standard InChI is InChI=1S/C19H24FN5O3/c1-2-21-19(27)25-11-3-4-15(25)18-23-17(28-24-18)10-9-16(26)22-12-13-5-7-14(20)8-6-13/h5-8,15H,2-4,9-12H2,1H3,(H,21,27)(H,22,26). The molecule has 8 nitrogen and oxygen atoms in total. The van der Waals surface area contributed by atoms with E-state index in [1.54, 1.807) is 17.0 Å². The van der Waals surface area contributed by atoms with E-state index in [0.29, 0.717) is 37.8 Å². The molecule has 1 atom stereocenters. The van der Waals surface area contributed by atoms with Gasteiger partial charge in [-0.2, -0.15) is 4.98 Å². The molecule has 3 amide bonds. The van der Waals surface area contributed by atoms with Crippen LogP contribution in [0.4, 0.5) is 9.18 Å². The van der Waals surface area contributed by atoms with E-state index in [1.165, 1.54) is 12.1 Å². The van der Waals surface area contributed by atoms with E-state index in [0.717, 1.165) is 18.4 Å². The quantitative estimate of drug-likeness (QED) is 0.757. The largest absolute Gasteiger partial charge is 0.352 e. The van der Waals surface area contributed by atoms with Crippen LogP contribution in [0.5, 0.6) is 0 Å². The molecular weight excluding hydrogens is 365 g/mol. The first-order chi connectivity index (χ1) is 13.6. The maximum absolute atomic E-state index is 12.9. The second-order valence-electron chi connectivity index (χ2n) is 6.64. The number of benzene rings is 1. The molecule has 1 saturated heterocycles. The van der Waals surface area contributed by atoms with Gasteiger partial charge in [0, 0.05) is 32.5 Å². The van der Waals surface area contributed by atoms with Gasteiger partial charge in [-0.15, -0.1) is 0 Å². The van der Waals surface area contributed by atoms with E-state index in [4.69, 9.17) is 4.52 Å². The number of rotatable bonds is 7. The molecule has 1 aliphatic rings. The molecule has 2 aromatic rings. The van der Waals surface area contributed by atoms with Crippen molar-refractivity contribution in [3.05, 3.63) is 47.4 Å². The van der Waals surface area contributed by atoms with Gasteiger partial charge in [0.25, 0.3) is 0 Å². The summed E-state index contributed by atoms with van der Waals surface area (Å²) >= 11 is 0. The minimum atomic E-state index is -0.310. The molecule has 1 aromatic heterocycles. The van der Waals surface area contributed by atoms with E-state index in [9.17, 15) is 14.0 Å². The lowest BCUT2D eigenvalue weighted by atomic mass is 10.2. The molecule has 2 N–H and O–H groups in total. The van der Waals surface area contributed by atoms with Gasteiger partial charge in [0.1, 0.15) is 5.82 Å². The molecule has 9 heteroatoms. The highest BCUT2D eigenvalue weighted by molar-refractivity contribution is 5.76. The second-order valence-corrected chi connectivity index (χ2v) is 6.64. The number of hydrogen-bond acceptors (Lipinski definition) is 5. The van der Waals surface area contributed by atoms with Gasteiger partial charge in [-0.1, -0.05) is 17.3 Å². The fraction of sp³-hybridized carbons (Fsp3) is 0.474. The highest BCUT2D eigenvalue weighted by Gasteiger charge is 2.33. The number of likely N-dealkylation sites (tertiary alicyclic amines) is 1. The number of amides is 3.